The lowest BCUT2D eigenvalue weighted by Gasteiger charge is -2.07. The van der Waals surface area contributed by atoms with Crippen LogP contribution in [0.1, 0.15) is 13.8 Å². The van der Waals surface area contributed by atoms with Crippen molar-refractivity contribution < 1.29 is 19.1 Å². The van der Waals surface area contributed by atoms with Gasteiger partial charge in [-0.2, -0.15) is 0 Å². The molecule has 1 amide bonds. The van der Waals surface area contributed by atoms with E-state index in [0.29, 0.717) is 0 Å². The SMILES string of the molecule is CC1(C)C(C(=O)O)C1C(=O)Nc1ccc(F)cc1Cl. The van der Waals surface area contributed by atoms with Gasteiger partial charge in [-0.15, -0.1) is 0 Å². The zero-order valence-electron chi connectivity index (χ0n) is 10.4. The topological polar surface area (TPSA) is 66.4 Å². The first-order chi connectivity index (χ1) is 8.75. The lowest BCUT2D eigenvalue weighted by molar-refractivity contribution is -0.140. The van der Waals surface area contributed by atoms with E-state index in [2.05, 4.69) is 5.32 Å². The molecular formula is C13H13ClFNO3. The van der Waals surface area contributed by atoms with Crippen molar-refractivity contribution in [2.75, 3.05) is 5.32 Å². The molecule has 2 unspecified atom stereocenters. The number of anilines is 1. The average Bonchev–Trinajstić information content (AvgIpc) is 2.86. The summed E-state index contributed by atoms with van der Waals surface area (Å²) in [6, 6.07) is 3.61. The van der Waals surface area contributed by atoms with Gasteiger partial charge < -0.3 is 10.4 Å². The summed E-state index contributed by atoms with van der Waals surface area (Å²) < 4.78 is 12.9. The maximum absolute atomic E-state index is 12.9. The number of halogens is 2. The van der Waals surface area contributed by atoms with Gasteiger partial charge in [0.2, 0.25) is 5.91 Å². The number of nitrogens with one attached hydrogen (secondary N) is 1. The van der Waals surface area contributed by atoms with Gasteiger partial charge in [0.1, 0.15) is 5.82 Å². The molecule has 2 atom stereocenters. The number of carbonyl (C=O) groups is 2. The number of hydrogen-bond donors (Lipinski definition) is 2. The number of aliphatic carboxylic acids is 1. The summed E-state index contributed by atoms with van der Waals surface area (Å²) in [5, 5.41) is 11.6. The molecule has 0 aromatic heterocycles. The summed E-state index contributed by atoms with van der Waals surface area (Å²) >= 11 is 5.80. The second kappa shape index (κ2) is 4.49. The Balaban J connectivity index is 2.13. The smallest absolute Gasteiger partial charge is 0.307 e. The first-order valence-electron chi connectivity index (χ1n) is 5.74. The van der Waals surface area contributed by atoms with Crippen LogP contribution < -0.4 is 5.32 Å². The zero-order chi connectivity index (χ0) is 14.4. The third-order valence-electron chi connectivity index (χ3n) is 3.56. The predicted molar refractivity (Wildman–Crippen MR) is 68.4 cm³/mol. The Morgan fingerprint density at radius 2 is 2.00 bits per heavy atom. The average molecular weight is 286 g/mol. The molecule has 0 spiro atoms. The zero-order valence-corrected chi connectivity index (χ0v) is 11.2. The summed E-state index contributed by atoms with van der Waals surface area (Å²) in [6.07, 6.45) is 0. The standard InChI is InChI=1S/C13H13ClFNO3/c1-13(2)9(10(13)12(18)19)11(17)16-8-4-3-6(15)5-7(8)14/h3-5,9-10H,1-2H3,(H,16,17)(H,18,19). The van der Waals surface area contributed by atoms with Crippen molar-refractivity contribution in [2.24, 2.45) is 17.3 Å². The highest BCUT2D eigenvalue weighted by Gasteiger charge is 2.65. The van der Waals surface area contributed by atoms with Gasteiger partial charge in [-0.3, -0.25) is 9.59 Å². The van der Waals surface area contributed by atoms with E-state index in [4.69, 9.17) is 16.7 Å². The summed E-state index contributed by atoms with van der Waals surface area (Å²) in [4.78, 5) is 23.0. The summed E-state index contributed by atoms with van der Waals surface area (Å²) in [5.41, 5.74) is -0.303. The van der Waals surface area contributed by atoms with E-state index in [-0.39, 0.29) is 10.7 Å². The van der Waals surface area contributed by atoms with Gasteiger partial charge in [-0.05, 0) is 23.6 Å². The molecule has 6 heteroatoms. The van der Waals surface area contributed by atoms with Gasteiger partial charge in [0.15, 0.2) is 0 Å². The molecule has 1 saturated carbocycles. The number of benzene rings is 1. The minimum absolute atomic E-state index is 0.0821. The molecule has 4 nitrogen and oxygen atoms in total. The van der Waals surface area contributed by atoms with Crippen LogP contribution in [0.15, 0.2) is 18.2 Å². The molecule has 0 aliphatic heterocycles. The molecule has 0 heterocycles. The van der Waals surface area contributed by atoms with E-state index in [1.54, 1.807) is 13.8 Å². The Morgan fingerprint density at radius 3 is 2.47 bits per heavy atom. The van der Waals surface area contributed by atoms with Crippen molar-refractivity contribution in [3.8, 4) is 0 Å². The highest BCUT2D eigenvalue weighted by molar-refractivity contribution is 6.33. The van der Waals surface area contributed by atoms with Gasteiger partial charge >= 0.3 is 5.97 Å². The third kappa shape index (κ3) is 2.42. The van der Waals surface area contributed by atoms with Crippen molar-refractivity contribution in [2.45, 2.75) is 13.8 Å². The molecule has 2 rings (SSSR count). The quantitative estimate of drug-likeness (QED) is 0.897. The second-order valence-corrected chi connectivity index (χ2v) is 5.64. The molecule has 19 heavy (non-hydrogen) atoms. The minimum atomic E-state index is -0.990. The van der Waals surface area contributed by atoms with Gasteiger partial charge in [-0.25, -0.2) is 4.39 Å². The predicted octanol–water partition coefficient (Wildman–Crippen LogP) is 2.77. The van der Waals surface area contributed by atoms with Crippen LogP contribution in [0, 0.1) is 23.1 Å². The summed E-state index contributed by atoms with van der Waals surface area (Å²) in [5.74, 6) is -3.21. The largest absolute Gasteiger partial charge is 0.481 e. The van der Waals surface area contributed by atoms with Crippen molar-refractivity contribution in [1.82, 2.24) is 0 Å². The molecule has 1 aromatic rings. The highest BCUT2D eigenvalue weighted by atomic mass is 35.5. The van der Waals surface area contributed by atoms with E-state index < -0.39 is 34.9 Å². The maximum Gasteiger partial charge on any atom is 0.307 e. The number of rotatable bonds is 3. The van der Waals surface area contributed by atoms with E-state index in [1.165, 1.54) is 12.1 Å². The van der Waals surface area contributed by atoms with Gasteiger partial charge in [0.05, 0.1) is 22.5 Å². The van der Waals surface area contributed by atoms with Crippen LogP contribution in [0.4, 0.5) is 10.1 Å². The van der Waals surface area contributed by atoms with Gasteiger partial charge in [0, 0.05) is 0 Å². The fourth-order valence-corrected chi connectivity index (χ4v) is 2.60. The number of carbonyl (C=O) groups excluding carboxylic acids is 1. The first-order valence-corrected chi connectivity index (χ1v) is 6.11. The van der Waals surface area contributed by atoms with Crippen molar-refractivity contribution in [1.29, 1.82) is 0 Å². The van der Waals surface area contributed by atoms with Crippen LogP contribution in [0.5, 0.6) is 0 Å². The van der Waals surface area contributed by atoms with Crippen LogP contribution in [-0.4, -0.2) is 17.0 Å². The Kier molecular flexibility index (Phi) is 3.26. The van der Waals surface area contributed by atoms with E-state index in [0.717, 1.165) is 6.07 Å². The lowest BCUT2D eigenvalue weighted by atomic mass is 10.1. The van der Waals surface area contributed by atoms with E-state index in [9.17, 15) is 14.0 Å². The highest BCUT2D eigenvalue weighted by Crippen LogP contribution is 2.58. The number of amides is 1. The molecular weight excluding hydrogens is 273 g/mol. The van der Waals surface area contributed by atoms with Crippen LogP contribution in [-0.2, 0) is 9.59 Å². The fourth-order valence-electron chi connectivity index (χ4n) is 2.39. The molecule has 0 bridgehead atoms. The molecule has 1 fully saturated rings. The molecule has 0 radical (unpaired) electrons. The Labute approximate surface area is 114 Å². The fraction of sp³-hybridized carbons (Fsp3) is 0.385. The summed E-state index contributed by atoms with van der Waals surface area (Å²) in [6.45, 7) is 3.45. The molecule has 0 saturated heterocycles. The molecule has 1 aliphatic rings. The first kappa shape index (κ1) is 13.8. The van der Waals surface area contributed by atoms with E-state index >= 15 is 0 Å². The van der Waals surface area contributed by atoms with Crippen molar-refractivity contribution in [3.05, 3.63) is 29.0 Å². The molecule has 1 aliphatic carbocycles. The molecule has 102 valence electrons. The number of hydrogen-bond acceptors (Lipinski definition) is 2. The van der Waals surface area contributed by atoms with Crippen LogP contribution >= 0.6 is 11.6 Å². The van der Waals surface area contributed by atoms with Crippen LogP contribution in [0.3, 0.4) is 0 Å². The van der Waals surface area contributed by atoms with Crippen molar-refractivity contribution >= 4 is 29.2 Å². The van der Waals surface area contributed by atoms with Gasteiger partial charge in [0.25, 0.3) is 0 Å². The summed E-state index contributed by atoms with van der Waals surface area (Å²) in [7, 11) is 0. The normalized spacial score (nSPS) is 23.8. The van der Waals surface area contributed by atoms with Gasteiger partial charge in [-0.1, -0.05) is 25.4 Å². The van der Waals surface area contributed by atoms with Crippen LogP contribution in [0.2, 0.25) is 5.02 Å². The Morgan fingerprint density at radius 1 is 1.37 bits per heavy atom. The molecule has 2 N–H and O–H groups in total. The second-order valence-electron chi connectivity index (χ2n) is 5.23. The molecule has 1 aromatic carbocycles. The Hall–Kier alpha value is -1.62. The number of carboxylic acid groups (broad SMARTS) is 1. The number of carboxylic acids is 1. The minimum Gasteiger partial charge on any atom is -0.481 e. The lowest BCUT2D eigenvalue weighted by Crippen LogP contribution is -2.18. The Bertz CT molecular complexity index is 559. The van der Waals surface area contributed by atoms with Crippen molar-refractivity contribution in [3.63, 3.8) is 0 Å². The maximum atomic E-state index is 12.9. The van der Waals surface area contributed by atoms with Crippen LogP contribution in [0.25, 0.3) is 0 Å². The third-order valence-corrected chi connectivity index (χ3v) is 3.88. The van der Waals surface area contributed by atoms with E-state index in [1.807, 2.05) is 0 Å². The monoisotopic (exact) mass is 285 g/mol.